The topological polar surface area (TPSA) is 88.9 Å². The second-order valence-corrected chi connectivity index (χ2v) is 5.75. The largest absolute Gasteiger partial charge is 0.343 e. The van der Waals surface area contributed by atoms with E-state index in [1.54, 1.807) is 41.2 Å². The molecule has 26 heavy (non-hydrogen) atoms. The molecule has 0 spiro atoms. The van der Waals surface area contributed by atoms with E-state index in [1.807, 2.05) is 31.2 Å². The molecular weight excluding hydrogens is 330 g/mol. The molecule has 2 amide bonds. The SMILES string of the molecule is Cc1cc(NC(=O)CNC(=O)c2ccccc2)n(Cc2ccccn2)n1. The van der Waals surface area contributed by atoms with E-state index in [0.717, 1.165) is 11.4 Å². The predicted octanol–water partition coefficient (Wildman–Crippen LogP) is 2.00. The molecule has 7 nitrogen and oxygen atoms in total. The highest BCUT2D eigenvalue weighted by Crippen LogP contribution is 2.12. The Balaban J connectivity index is 1.60. The second kappa shape index (κ2) is 8.06. The Bertz CT molecular complexity index is 891. The first-order valence-corrected chi connectivity index (χ1v) is 8.19. The average molecular weight is 349 g/mol. The van der Waals surface area contributed by atoms with E-state index < -0.39 is 0 Å². The van der Waals surface area contributed by atoms with Crippen molar-refractivity contribution in [3.05, 3.63) is 77.7 Å². The molecule has 0 bridgehead atoms. The van der Waals surface area contributed by atoms with Gasteiger partial charge in [-0.05, 0) is 31.2 Å². The van der Waals surface area contributed by atoms with Gasteiger partial charge in [0.25, 0.3) is 5.91 Å². The molecule has 3 rings (SSSR count). The van der Waals surface area contributed by atoms with Crippen molar-refractivity contribution >= 4 is 17.6 Å². The zero-order chi connectivity index (χ0) is 18.4. The molecule has 2 aromatic heterocycles. The lowest BCUT2D eigenvalue weighted by Gasteiger charge is -2.09. The van der Waals surface area contributed by atoms with Crippen LogP contribution in [0, 0.1) is 6.92 Å². The maximum atomic E-state index is 12.2. The van der Waals surface area contributed by atoms with Gasteiger partial charge in [0.15, 0.2) is 0 Å². The zero-order valence-corrected chi connectivity index (χ0v) is 14.3. The Morgan fingerprint density at radius 2 is 1.85 bits per heavy atom. The number of benzene rings is 1. The molecule has 0 aliphatic rings. The predicted molar refractivity (Wildman–Crippen MR) is 97.7 cm³/mol. The number of nitrogens with one attached hydrogen (secondary N) is 2. The van der Waals surface area contributed by atoms with E-state index in [2.05, 4.69) is 20.7 Å². The summed E-state index contributed by atoms with van der Waals surface area (Å²) in [5, 5.41) is 9.76. The van der Waals surface area contributed by atoms with Crippen LogP contribution in [0.4, 0.5) is 5.82 Å². The number of anilines is 1. The van der Waals surface area contributed by atoms with Gasteiger partial charge in [0.05, 0.1) is 24.5 Å². The third-order valence-electron chi connectivity index (χ3n) is 3.65. The molecule has 0 aliphatic heterocycles. The molecule has 1 aromatic carbocycles. The van der Waals surface area contributed by atoms with Gasteiger partial charge < -0.3 is 10.6 Å². The molecule has 132 valence electrons. The number of carbonyl (C=O) groups is 2. The summed E-state index contributed by atoms with van der Waals surface area (Å²) in [6.07, 6.45) is 1.71. The highest BCUT2D eigenvalue weighted by molar-refractivity contribution is 5.99. The second-order valence-electron chi connectivity index (χ2n) is 5.75. The fraction of sp³-hybridized carbons (Fsp3) is 0.158. The molecule has 0 saturated carbocycles. The van der Waals surface area contributed by atoms with Crippen molar-refractivity contribution in [3.63, 3.8) is 0 Å². The molecule has 0 aliphatic carbocycles. The molecule has 0 unspecified atom stereocenters. The number of amides is 2. The lowest BCUT2D eigenvalue weighted by molar-refractivity contribution is -0.115. The fourth-order valence-electron chi connectivity index (χ4n) is 2.45. The van der Waals surface area contributed by atoms with E-state index in [1.165, 1.54) is 0 Å². The van der Waals surface area contributed by atoms with E-state index in [4.69, 9.17) is 0 Å². The number of pyridine rings is 1. The van der Waals surface area contributed by atoms with Crippen molar-refractivity contribution in [2.45, 2.75) is 13.5 Å². The Morgan fingerprint density at radius 1 is 1.08 bits per heavy atom. The van der Waals surface area contributed by atoms with Gasteiger partial charge in [0, 0.05) is 17.8 Å². The van der Waals surface area contributed by atoms with Gasteiger partial charge >= 0.3 is 0 Å². The van der Waals surface area contributed by atoms with Gasteiger partial charge in [-0.25, -0.2) is 4.68 Å². The van der Waals surface area contributed by atoms with E-state index >= 15 is 0 Å². The van der Waals surface area contributed by atoms with E-state index in [-0.39, 0.29) is 18.4 Å². The normalized spacial score (nSPS) is 10.3. The Kier molecular flexibility index (Phi) is 5.38. The number of hydrogen-bond acceptors (Lipinski definition) is 4. The summed E-state index contributed by atoms with van der Waals surface area (Å²) in [6, 6.07) is 16.2. The summed E-state index contributed by atoms with van der Waals surface area (Å²) in [4.78, 5) is 28.4. The Hall–Kier alpha value is -3.48. The van der Waals surface area contributed by atoms with Crippen molar-refractivity contribution in [2.24, 2.45) is 0 Å². The molecular formula is C19H19N5O2. The summed E-state index contributed by atoms with van der Waals surface area (Å²) in [7, 11) is 0. The first-order valence-electron chi connectivity index (χ1n) is 8.19. The number of hydrogen-bond donors (Lipinski definition) is 2. The van der Waals surface area contributed by atoms with Crippen molar-refractivity contribution < 1.29 is 9.59 Å². The average Bonchev–Trinajstić information content (AvgIpc) is 3.00. The summed E-state index contributed by atoms with van der Waals surface area (Å²) in [5.41, 5.74) is 2.13. The van der Waals surface area contributed by atoms with Crippen LogP contribution in [0.5, 0.6) is 0 Å². The van der Waals surface area contributed by atoms with Gasteiger partial charge in [0.2, 0.25) is 5.91 Å². The first kappa shape index (κ1) is 17.3. The number of aromatic nitrogens is 3. The summed E-state index contributed by atoms with van der Waals surface area (Å²) in [5.74, 6) is -0.0533. The van der Waals surface area contributed by atoms with Gasteiger partial charge in [-0.3, -0.25) is 14.6 Å². The summed E-state index contributed by atoms with van der Waals surface area (Å²) in [6.45, 7) is 2.17. The van der Waals surface area contributed by atoms with Crippen LogP contribution in [0.2, 0.25) is 0 Å². The first-order chi connectivity index (χ1) is 12.6. The molecule has 0 fully saturated rings. The van der Waals surface area contributed by atoms with Gasteiger partial charge in [-0.2, -0.15) is 5.10 Å². The van der Waals surface area contributed by atoms with Crippen LogP contribution >= 0.6 is 0 Å². The quantitative estimate of drug-likeness (QED) is 0.712. The molecule has 2 heterocycles. The van der Waals surface area contributed by atoms with Crippen LogP contribution < -0.4 is 10.6 Å². The van der Waals surface area contributed by atoms with Crippen molar-refractivity contribution in [1.29, 1.82) is 0 Å². The number of carbonyl (C=O) groups excluding carboxylic acids is 2. The highest BCUT2D eigenvalue weighted by Gasteiger charge is 2.12. The van der Waals surface area contributed by atoms with Crippen molar-refractivity contribution in [2.75, 3.05) is 11.9 Å². The minimum atomic E-state index is -0.323. The van der Waals surface area contributed by atoms with Gasteiger partial charge in [-0.1, -0.05) is 24.3 Å². The summed E-state index contributed by atoms with van der Waals surface area (Å²) >= 11 is 0. The molecule has 0 saturated heterocycles. The Morgan fingerprint density at radius 3 is 2.58 bits per heavy atom. The number of nitrogens with zero attached hydrogens (tertiary/aromatic N) is 3. The molecule has 3 aromatic rings. The highest BCUT2D eigenvalue weighted by atomic mass is 16.2. The van der Waals surface area contributed by atoms with Crippen LogP contribution in [0.1, 0.15) is 21.7 Å². The maximum Gasteiger partial charge on any atom is 0.251 e. The van der Waals surface area contributed by atoms with E-state index in [0.29, 0.717) is 17.9 Å². The van der Waals surface area contributed by atoms with Gasteiger partial charge in [-0.15, -0.1) is 0 Å². The van der Waals surface area contributed by atoms with E-state index in [9.17, 15) is 9.59 Å². The van der Waals surface area contributed by atoms with Crippen molar-refractivity contribution in [3.8, 4) is 0 Å². The van der Waals surface area contributed by atoms with Gasteiger partial charge in [0.1, 0.15) is 5.82 Å². The third kappa shape index (κ3) is 4.54. The lowest BCUT2D eigenvalue weighted by Crippen LogP contribution is -2.33. The maximum absolute atomic E-state index is 12.2. The number of aryl methyl sites for hydroxylation is 1. The molecule has 0 atom stereocenters. The minimum absolute atomic E-state index is 0.123. The van der Waals surface area contributed by atoms with Crippen LogP contribution in [0.3, 0.4) is 0 Å². The molecule has 0 radical (unpaired) electrons. The van der Waals surface area contributed by atoms with Crippen LogP contribution in [0.25, 0.3) is 0 Å². The molecule has 2 N–H and O–H groups in total. The number of rotatable bonds is 6. The van der Waals surface area contributed by atoms with Crippen LogP contribution in [0.15, 0.2) is 60.8 Å². The smallest absolute Gasteiger partial charge is 0.251 e. The zero-order valence-electron chi connectivity index (χ0n) is 14.3. The molecule has 7 heteroatoms. The lowest BCUT2D eigenvalue weighted by atomic mass is 10.2. The Labute approximate surface area is 151 Å². The van der Waals surface area contributed by atoms with Crippen LogP contribution in [-0.4, -0.2) is 33.1 Å². The monoisotopic (exact) mass is 349 g/mol. The van der Waals surface area contributed by atoms with Crippen LogP contribution in [-0.2, 0) is 11.3 Å². The summed E-state index contributed by atoms with van der Waals surface area (Å²) < 4.78 is 1.68. The van der Waals surface area contributed by atoms with Crippen molar-refractivity contribution in [1.82, 2.24) is 20.1 Å². The minimum Gasteiger partial charge on any atom is -0.343 e. The standard InChI is InChI=1S/C19H19N5O2/c1-14-11-17(24(23-14)13-16-9-5-6-10-20-16)22-18(25)12-21-19(26)15-7-3-2-4-8-15/h2-11H,12-13H2,1H3,(H,21,26)(H,22,25). The third-order valence-corrected chi connectivity index (χ3v) is 3.65. The fourth-order valence-corrected chi connectivity index (χ4v) is 2.45.